The topological polar surface area (TPSA) is 160 Å². The van der Waals surface area contributed by atoms with Crippen molar-refractivity contribution in [3.63, 3.8) is 0 Å². The molecule has 48 heavy (non-hydrogen) atoms. The van der Waals surface area contributed by atoms with E-state index in [1.54, 1.807) is 86.6 Å². The number of aromatic nitrogens is 4. The van der Waals surface area contributed by atoms with E-state index >= 15 is 0 Å². The van der Waals surface area contributed by atoms with Crippen LogP contribution in [0.15, 0.2) is 72.8 Å². The predicted molar refractivity (Wildman–Crippen MR) is 173 cm³/mol. The van der Waals surface area contributed by atoms with E-state index in [-0.39, 0.29) is 50.5 Å². The number of hydrogen-bond donors (Lipinski definition) is 0. The summed E-state index contributed by atoms with van der Waals surface area (Å²) in [6, 6.07) is 19.9. The zero-order valence-electron chi connectivity index (χ0n) is 27.3. The molecule has 0 radical (unpaired) electrons. The predicted octanol–water partition coefficient (Wildman–Crippen LogP) is 4.45. The molecule has 4 aromatic heterocycles. The number of carbonyl (C=O) groups is 4. The summed E-state index contributed by atoms with van der Waals surface area (Å²) in [6.45, 7) is 4.21. The molecule has 0 saturated carbocycles. The summed E-state index contributed by atoms with van der Waals surface area (Å²) in [7, 11) is 2.57. The lowest BCUT2D eigenvalue weighted by Crippen LogP contribution is -2.42. The summed E-state index contributed by atoms with van der Waals surface area (Å²) in [5.74, 6) is -2.08. The van der Waals surface area contributed by atoms with E-state index in [0.29, 0.717) is 34.2 Å². The van der Waals surface area contributed by atoms with Crippen LogP contribution in [-0.2, 0) is 41.6 Å². The molecule has 0 spiro atoms. The number of carbonyl (C=O) groups excluding carboxylic acids is 4. The summed E-state index contributed by atoms with van der Waals surface area (Å²) < 4.78 is 20.2. The average Bonchev–Trinajstić information content (AvgIpc) is 3.12. The quantitative estimate of drug-likeness (QED) is 0.131. The van der Waals surface area contributed by atoms with Gasteiger partial charge in [-0.05, 0) is 68.8 Å². The van der Waals surface area contributed by atoms with Gasteiger partial charge in [-0.15, -0.1) is 0 Å². The number of nitrogens with zero attached hydrogens (tertiary/aromatic N) is 5. The summed E-state index contributed by atoms with van der Waals surface area (Å²) in [4.78, 5) is 70.1. The molecule has 250 valence electrons. The van der Waals surface area contributed by atoms with Crippen molar-refractivity contribution in [3.05, 3.63) is 95.6 Å². The molecule has 0 bridgehead atoms. The van der Waals surface area contributed by atoms with Crippen molar-refractivity contribution in [2.24, 2.45) is 0 Å². The lowest BCUT2D eigenvalue weighted by Gasteiger charge is -2.29. The van der Waals surface area contributed by atoms with E-state index in [9.17, 15) is 19.2 Å². The first kappa shape index (κ1) is 35.3. The van der Waals surface area contributed by atoms with E-state index in [4.69, 9.17) is 28.9 Å². The number of methoxy groups -OCH3 is 2. The van der Waals surface area contributed by atoms with E-state index in [1.807, 2.05) is 4.90 Å². The van der Waals surface area contributed by atoms with Gasteiger partial charge in [-0.2, -0.15) is 0 Å². The highest BCUT2D eigenvalue weighted by molar-refractivity contribution is 5.88. The van der Waals surface area contributed by atoms with Crippen LogP contribution in [0.1, 0.15) is 59.1 Å². The highest BCUT2D eigenvalue weighted by Crippen LogP contribution is 2.22. The number of ether oxygens (including phenoxy) is 4. The lowest BCUT2D eigenvalue weighted by atomic mass is 10.1. The Morgan fingerprint density at radius 2 is 1.06 bits per heavy atom. The van der Waals surface area contributed by atoms with Crippen molar-refractivity contribution >= 4 is 23.9 Å². The molecule has 4 rings (SSSR count). The van der Waals surface area contributed by atoms with Gasteiger partial charge in [0.25, 0.3) is 0 Å². The van der Waals surface area contributed by atoms with Gasteiger partial charge in [-0.25, -0.2) is 29.5 Å². The van der Waals surface area contributed by atoms with Crippen molar-refractivity contribution in [3.8, 4) is 22.8 Å². The number of rotatable bonds is 15. The molecule has 1 atom stereocenters. The summed E-state index contributed by atoms with van der Waals surface area (Å²) >= 11 is 0. The van der Waals surface area contributed by atoms with Crippen molar-refractivity contribution in [1.82, 2.24) is 24.8 Å². The third-order valence-corrected chi connectivity index (χ3v) is 7.10. The highest BCUT2D eigenvalue weighted by atomic mass is 16.5. The standard InChI is InChI=1S/C35H37N5O8/c1-5-47-33(42)29-17-9-15-27(38-29)25-13-7-11-23(36-25)21-40(31(35(44)46-4)19-20-32(41)45-3)22-24-12-8-14-26(37-24)28-16-10-18-30(39-28)34(43)48-6-2/h7-18,31H,5-6,19-22H2,1-4H3. The molecule has 4 heterocycles. The van der Waals surface area contributed by atoms with Gasteiger partial charge in [0.1, 0.15) is 17.4 Å². The first-order valence-electron chi connectivity index (χ1n) is 15.4. The second kappa shape index (κ2) is 17.4. The van der Waals surface area contributed by atoms with Crippen LogP contribution in [0.2, 0.25) is 0 Å². The van der Waals surface area contributed by atoms with Gasteiger partial charge in [-0.1, -0.05) is 24.3 Å². The van der Waals surface area contributed by atoms with Crippen LogP contribution in [0.4, 0.5) is 0 Å². The van der Waals surface area contributed by atoms with Gasteiger partial charge in [0.2, 0.25) is 0 Å². The Bertz CT molecular complexity index is 1640. The summed E-state index contributed by atoms with van der Waals surface area (Å²) in [6.07, 6.45) is 0.0911. The molecule has 0 aromatic carbocycles. The molecule has 0 aliphatic carbocycles. The second-order valence-electron chi connectivity index (χ2n) is 10.3. The number of esters is 4. The van der Waals surface area contributed by atoms with Gasteiger partial charge in [0.15, 0.2) is 0 Å². The van der Waals surface area contributed by atoms with Crippen LogP contribution < -0.4 is 0 Å². The Morgan fingerprint density at radius 3 is 1.48 bits per heavy atom. The largest absolute Gasteiger partial charge is 0.469 e. The van der Waals surface area contributed by atoms with Crippen molar-refractivity contribution in [1.29, 1.82) is 0 Å². The number of hydrogen-bond acceptors (Lipinski definition) is 13. The molecule has 4 aromatic rings. The fourth-order valence-corrected chi connectivity index (χ4v) is 4.85. The van der Waals surface area contributed by atoms with Crippen molar-refractivity contribution in [2.45, 2.75) is 45.8 Å². The van der Waals surface area contributed by atoms with Crippen LogP contribution in [0.3, 0.4) is 0 Å². The van der Waals surface area contributed by atoms with Crippen LogP contribution in [0.25, 0.3) is 22.8 Å². The third kappa shape index (κ3) is 9.48. The first-order valence-corrected chi connectivity index (χ1v) is 15.4. The van der Waals surface area contributed by atoms with Crippen molar-refractivity contribution in [2.75, 3.05) is 27.4 Å². The molecular formula is C35H37N5O8. The van der Waals surface area contributed by atoms with Gasteiger partial charge < -0.3 is 18.9 Å². The molecule has 0 aliphatic rings. The normalized spacial score (nSPS) is 11.4. The number of pyridine rings is 4. The second-order valence-corrected chi connectivity index (χ2v) is 10.3. The summed E-state index contributed by atoms with van der Waals surface area (Å²) in [5, 5.41) is 0. The zero-order chi connectivity index (χ0) is 34.5. The smallest absolute Gasteiger partial charge is 0.356 e. The van der Waals surface area contributed by atoms with E-state index in [1.165, 1.54) is 14.2 Å². The Morgan fingerprint density at radius 1 is 0.625 bits per heavy atom. The molecule has 0 aliphatic heterocycles. The average molecular weight is 656 g/mol. The van der Waals surface area contributed by atoms with Crippen LogP contribution in [-0.4, -0.2) is 82.2 Å². The Balaban J connectivity index is 1.68. The zero-order valence-corrected chi connectivity index (χ0v) is 27.3. The van der Waals surface area contributed by atoms with Crippen LogP contribution >= 0.6 is 0 Å². The van der Waals surface area contributed by atoms with Crippen molar-refractivity contribution < 1.29 is 38.1 Å². The van der Waals surface area contributed by atoms with Gasteiger partial charge in [-0.3, -0.25) is 14.5 Å². The molecule has 0 N–H and O–H groups in total. The fraction of sp³-hybridized carbons (Fsp3) is 0.314. The van der Waals surface area contributed by atoms with Crippen LogP contribution in [0.5, 0.6) is 0 Å². The maximum atomic E-state index is 13.2. The maximum Gasteiger partial charge on any atom is 0.356 e. The molecule has 1 unspecified atom stereocenters. The SMILES string of the molecule is CCOC(=O)c1cccc(-c2cccc(CN(Cc3cccc(-c4cccc(C(=O)OCC)n4)n3)C(CCC(=O)OC)C(=O)OC)n2)n1. The van der Waals surface area contributed by atoms with E-state index in [2.05, 4.69) is 9.97 Å². The van der Waals surface area contributed by atoms with Gasteiger partial charge in [0, 0.05) is 19.5 Å². The monoisotopic (exact) mass is 655 g/mol. The van der Waals surface area contributed by atoms with E-state index < -0.39 is 29.9 Å². The molecule has 0 fully saturated rings. The molecular weight excluding hydrogens is 618 g/mol. The molecule has 13 heteroatoms. The minimum atomic E-state index is -0.861. The highest BCUT2D eigenvalue weighted by Gasteiger charge is 2.29. The summed E-state index contributed by atoms with van der Waals surface area (Å²) in [5.41, 5.74) is 3.44. The minimum absolute atomic E-state index is 0.0250. The minimum Gasteiger partial charge on any atom is -0.469 e. The Hall–Kier alpha value is -5.56. The molecule has 0 amide bonds. The van der Waals surface area contributed by atoms with E-state index in [0.717, 1.165) is 0 Å². The Kier molecular flexibility index (Phi) is 12.8. The van der Waals surface area contributed by atoms with Crippen LogP contribution in [0, 0.1) is 0 Å². The maximum absolute atomic E-state index is 13.2. The van der Waals surface area contributed by atoms with Gasteiger partial charge in [0.05, 0.1) is 61.6 Å². The molecule has 0 saturated heterocycles. The third-order valence-electron chi connectivity index (χ3n) is 7.10. The van der Waals surface area contributed by atoms with Gasteiger partial charge >= 0.3 is 23.9 Å². The lowest BCUT2D eigenvalue weighted by molar-refractivity contribution is -0.149. The first-order chi connectivity index (χ1) is 23.3. The molecule has 13 nitrogen and oxygen atoms in total. The Labute approximate surface area is 278 Å². The fourth-order valence-electron chi connectivity index (χ4n) is 4.85.